The Morgan fingerprint density at radius 3 is 3.11 bits per heavy atom. The van der Waals surface area contributed by atoms with Gasteiger partial charge in [0.1, 0.15) is 17.3 Å². The molecule has 94 valence electrons. The number of benzene rings is 1. The van der Waals surface area contributed by atoms with Crippen LogP contribution in [0.5, 0.6) is 5.75 Å². The summed E-state index contributed by atoms with van der Waals surface area (Å²) in [5.74, 6) is 1.41. The van der Waals surface area contributed by atoms with E-state index in [1.807, 2.05) is 12.1 Å². The van der Waals surface area contributed by atoms with E-state index < -0.39 is 0 Å². The molecular formula is C14H14FNO2. The van der Waals surface area contributed by atoms with Crippen LogP contribution < -0.4 is 10.1 Å². The van der Waals surface area contributed by atoms with Crippen LogP contribution in [0.2, 0.25) is 0 Å². The van der Waals surface area contributed by atoms with Gasteiger partial charge in [-0.25, -0.2) is 4.39 Å². The first-order chi connectivity index (χ1) is 8.83. The molecule has 0 bridgehead atoms. The standard InChI is InChI=1S/C14H14FNO2/c15-10-3-4-14-12(8-10)13(5-7-18-14)16-9-11-2-1-6-17-11/h1-4,6,8,13,16H,5,7,9H2. The van der Waals surface area contributed by atoms with E-state index in [2.05, 4.69) is 5.32 Å². The van der Waals surface area contributed by atoms with Crippen molar-refractivity contribution < 1.29 is 13.5 Å². The molecule has 1 atom stereocenters. The van der Waals surface area contributed by atoms with Crippen molar-refractivity contribution >= 4 is 0 Å². The van der Waals surface area contributed by atoms with E-state index in [0.717, 1.165) is 23.5 Å². The molecule has 3 nitrogen and oxygen atoms in total. The lowest BCUT2D eigenvalue weighted by Gasteiger charge is -2.26. The third kappa shape index (κ3) is 2.24. The summed E-state index contributed by atoms with van der Waals surface area (Å²) in [6, 6.07) is 8.52. The lowest BCUT2D eigenvalue weighted by Crippen LogP contribution is -2.26. The maximum Gasteiger partial charge on any atom is 0.124 e. The van der Waals surface area contributed by atoms with Crippen LogP contribution in [-0.4, -0.2) is 6.61 Å². The van der Waals surface area contributed by atoms with Crippen LogP contribution in [0.1, 0.15) is 23.8 Å². The molecule has 0 fully saturated rings. The van der Waals surface area contributed by atoms with Crippen molar-refractivity contribution in [2.45, 2.75) is 19.0 Å². The Bertz CT molecular complexity index is 525. The third-order valence-corrected chi connectivity index (χ3v) is 3.11. The van der Waals surface area contributed by atoms with Gasteiger partial charge in [-0.15, -0.1) is 0 Å². The van der Waals surface area contributed by atoms with Crippen LogP contribution in [0.25, 0.3) is 0 Å². The van der Waals surface area contributed by atoms with Crippen LogP contribution in [0.3, 0.4) is 0 Å². The second-order valence-electron chi connectivity index (χ2n) is 4.33. The van der Waals surface area contributed by atoms with Gasteiger partial charge in [-0.05, 0) is 30.3 Å². The summed E-state index contributed by atoms with van der Waals surface area (Å²) in [7, 11) is 0. The van der Waals surface area contributed by atoms with Crippen LogP contribution in [0.15, 0.2) is 41.0 Å². The molecule has 1 aromatic heterocycles. The van der Waals surface area contributed by atoms with Crippen LogP contribution in [0.4, 0.5) is 4.39 Å². The number of hydrogen-bond donors (Lipinski definition) is 1. The Morgan fingerprint density at radius 1 is 1.33 bits per heavy atom. The van der Waals surface area contributed by atoms with Gasteiger partial charge in [-0.1, -0.05) is 0 Å². The summed E-state index contributed by atoms with van der Waals surface area (Å²) < 4.78 is 24.1. The van der Waals surface area contributed by atoms with E-state index >= 15 is 0 Å². The second-order valence-corrected chi connectivity index (χ2v) is 4.33. The first-order valence-electron chi connectivity index (χ1n) is 6.01. The molecule has 18 heavy (non-hydrogen) atoms. The van der Waals surface area contributed by atoms with E-state index in [1.54, 1.807) is 12.3 Å². The first kappa shape index (κ1) is 11.3. The van der Waals surface area contributed by atoms with Crippen molar-refractivity contribution in [1.29, 1.82) is 0 Å². The minimum absolute atomic E-state index is 0.106. The highest BCUT2D eigenvalue weighted by Gasteiger charge is 2.21. The average molecular weight is 247 g/mol. The molecule has 0 aliphatic carbocycles. The van der Waals surface area contributed by atoms with Crippen molar-refractivity contribution in [3.05, 3.63) is 53.7 Å². The second kappa shape index (κ2) is 4.82. The summed E-state index contributed by atoms with van der Waals surface area (Å²) in [4.78, 5) is 0. The molecule has 0 spiro atoms. The minimum Gasteiger partial charge on any atom is -0.493 e. The van der Waals surface area contributed by atoms with E-state index in [4.69, 9.17) is 9.15 Å². The number of halogens is 1. The van der Waals surface area contributed by atoms with Gasteiger partial charge in [-0.2, -0.15) is 0 Å². The van der Waals surface area contributed by atoms with Crippen molar-refractivity contribution in [1.82, 2.24) is 5.32 Å². The summed E-state index contributed by atoms with van der Waals surface area (Å²) in [6.07, 6.45) is 2.48. The smallest absolute Gasteiger partial charge is 0.124 e. The quantitative estimate of drug-likeness (QED) is 0.905. The number of ether oxygens (including phenoxy) is 1. The Hall–Kier alpha value is -1.81. The Kier molecular flexibility index (Phi) is 3.02. The first-order valence-corrected chi connectivity index (χ1v) is 6.01. The van der Waals surface area contributed by atoms with E-state index in [1.165, 1.54) is 12.1 Å². The predicted molar refractivity (Wildman–Crippen MR) is 64.8 cm³/mol. The van der Waals surface area contributed by atoms with Crippen molar-refractivity contribution in [3.63, 3.8) is 0 Å². The van der Waals surface area contributed by atoms with Gasteiger partial charge in [0.05, 0.1) is 19.4 Å². The fraction of sp³-hybridized carbons (Fsp3) is 0.286. The van der Waals surface area contributed by atoms with Gasteiger partial charge in [0, 0.05) is 18.0 Å². The Morgan fingerprint density at radius 2 is 2.28 bits per heavy atom. The number of nitrogens with one attached hydrogen (secondary N) is 1. The fourth-order valence-electron chi connectivity index (χ4n) is 2.21. The number of furan rings is 1. The monoisotopic (exact) mass is 247 g/mol. The molecule has 2 heterocycles. The molecule has 1 aromatic carbocycles. The van der Waals surface area contributed by atoms with Gasteiger partial charge in [0.25, 0.3) is 0 Å². The highest BCUT2D eigenvalue weighted by atomic mass is 19.1. The molecule has 1 unspecified atom stereocenters. The molecule has 1 N–H and O–H groups in total. The van der Waals surface area contributed by atoms with Crippen LogP contribution >= 0.6 is 0 Å². The number of hydrogen-bond acceptors (Lipinski definition) is 3. The molecule has 0 amide bonds. The molecular weight excluding hydrogens is 233 g/mol. The highest BCUT2D eigenvalue weighted by Crippen LogP contribution is 2.32. The molecule has 1 aliphatic heterocycles. The molecule has 4 heteroatoms. The average Bonchev–Trinajstić information content (AvgIpc) is 2.89. The van der Waals surface area contributed by atoms with Gasteiger partial charge < -0.3 is 14.5 Å². The van der Waals surface area contributed by atoms with E-state index in [0.29, 0.717) is 13.2 Å². The van der Waals surface area contributed by atoms with Gasteiger partial charge in [0.2, 0.25) is 0 Å². The molecule has 0 saturated heterocycles. The SMILES string of the molecule is Fc1ccc2c(c1)C(NCc1ccco1)CCO2. The lowest BCUT2D eigenvalue weighted by atomic mass is 10.0. The zero-order valence-corrected chi connectivity index (χ0v) is 9.86. The van der Waals surface area contributed by atoms with Crippen molar-refractivity contribution in [3.8, 4) is 5.75 Å². The minimum atomic E-state index is -0.232. The van der Waals surface area contributed by atoms with Gasteiger partial charge in [-0.3, -0.25) is 0 Å². The fourth-order valence-corrected chi connectivity index (χ4v) is 2.21. The highest BCUT2D eigenvalue weighted by molar-refractivity contribution is 5.38. The van der Waals surface area contributed by atoms with E-state index in [-0.39, 0.29) is 11.9 Å². The Labute approximate surface area is 105 Å². The lowest BCUT2D eigenvalue weighted by molar-refractivity contribution is 0.249. The van der Waals surface area contributed by atoms with Crippen LogP contribution in [-0.2, 0) is 6.54 Å². The topological polar surface area (TPSA) is 34.4 Å². The molecule has 0 saturated carbocycles. The van der Waals surface area contributed by atoms with Gasteiger partial charge >= 0.3 is 0 Å². The maximum atomic E-state index is 13.3. The van der Waals surface area contributed by atoms with Crippen molar-refractivity contribution in [2.75, 3.05) is 6.61 Å². The van der Waals surface area contributed by atoms with E-state index in [9.17, 15) is 4.39 Å². The summed E-state index contributed by atoms with van der Waals surface area (Å²) in [5, 5.41) is 3.37. The van der Waals surface area contributed by atoms with Crippen molar-refractivity contribution in [2.24, 2.45) is 0 Å². The molecule has 3 rings (SSSR count). The largest absolute Gasteiger partial charge is 0.493 e. The predicted octanol–water partition coefficient (Wildman–Crippen LogP) is 3.03. The molecule has 1 aliphatic rings. The summed E-state index contributed by atoms with van der Waals surface area (Å²) in [5.41, 5.74) is 0.882. The molecule has 0 radical (unpaired) electrons. The Balaban J connectivity index is 1.76. The van der Waals surface area contributed by atoms with Gasteiger partial charge in [0.15, 0.2) is 0 Å². The normalized spacial score (nSPS) is 18.2. The zero-order chi connectivity index (χ0) is 12.4. The third-order valence-electron chi connectivity index (χ3n) is 3.11. The van der Waals surface area contributed by atoms with Crippen LogP contribution in [0, 0.1) is 5.82 Å². The molecule has 2 aromatic rings. The summed E-state index contributed by atoms with van der Waals surface area (Å²) in [6.45, 7) is 1.28. The zero-order valence-electron chi connectivity index (χ0n) is 9.86. The summed E-state index contributed by atoms with van der Waals surface area (Å²) >= 11 is 0. The number of fused-ring (bicyclic) bond motifs is 1. The maximum absolute atomic E-state index is 13.3. The number of rotatable bonds is 3.